The quantitative estimate of drug-likeness (QED) is 0.559. The number of ketones is 1. The molecule has 2 aromatic rings. The van der Waals surface area contributed by atoms with Gasteiger partial charge >= 0.3 is 0 Å². The van der Waals surface area contributed by atoms with Gasteiger partial charge in [0.1, 0.15) is 0 Å². The van der Waals surface area contributed by atoms with Gasteiger partial charge in [0.05, 0.1) is 20.8 Å². The maximum atomic E-state index is 12.2. The van der Waals surface area contributed by atoms with Gasteiger partial charge in [-0.25, -0.2) is 0 Å². The van der Waals surface area contributed by atoms with E-state index in [1.165, 1.54) is 6.08 Å². The maximum absolute atomic E-state index is 12.2. The van der Waals surface area contributed by atoms with Crippen LogP contribution >= 0.6 is 34.8 Å². The van der Waals surface area contributed by atoms with E-state index in [1.807, 2.05) is 0 Å². The Morgan fingerprint density at radius 3 is 2.14 bits per heavy atom. The van der Waals surface area contributed by atoms with Gasteiger partial charge in [-0.1, -0.05) is 53.0 Å². The van der Waals surface area contributed by atoms with Crippen LogP contribution in [0.25, 0.3) is 0 Å². The minimum Gasteiger partial charge on any atom is -0.357 e. The van der Waals surface area contributed by atoms with E-state index in [4.69, 9.17) is 34.8 Å². The zero-order valence-corrected chi connectivity index (χ0v) is 13.4. The molecule has 2 aromatic carbocycles. The Hall–Kier alpha value is -1.48. The average Bonchev–Trinajstić information content (AvgIpc) is 2.43. The predicted molar refractivity (Wildman–Crippen MR) is 89.6 cm³/mol. The largest absolute Gasteiger partial charge is 0.357 e. The second-order valence-corrected chi connectivity index (χ2v) is 5.61. The topological polar surface area (TPSA) is 29.1 Å². The minimum absolute atomic E-state index is 0.186. The van der Waals surface area contributed by atoms with Gasteiger partial charge in [-0.3, -0.25) is 4.79 Å². The molecule has 0 atom stereocenters. The minimum atomic E-state index is -0.186. The zero-order valence-electron chi connectivity index (χ0n) is 11.2. The number of rotatable bonds is 4. The third-order valence-electron chi connectivity index (χ3n) is 2.77. The van der Waals surface area contributed by atoms with Crippen molar-refractivity contribution in [3.8, 4) is 0 Å². The summed E-state index contributed by atoms with van der Waals surface area (Å²) in [4.78, 5) is 12.2. The van der Waals surface area contributed by atoms with Crippen LogP contribution in [-0.2, 0) is 0 Å². The molecule has 0 heterocycles. The molecule has 1 N–H and O–H groups in total. The summed E-state index contributed by atoms with van der Waals surface area (Å²) in [6, 6.07) is 12.1. The van der Waals surface area contributed by atoms with Crippen molar-refractivity contribution in [2.75, 3.05) is 5.32 Å². The Morgan fingerprint density at radius 1 is 0.952 bits per heavy atom. The molecule has 2 rings (SSSR count). The number of hydrogen-bond acceptors (Lipinski definition) is 2. The Morgan fingerprint density at radius 2 is 1.52 bits per heavy atom. The van der Waals surface area contributed by atoms with Crippen molar-refractivity contribution in [2.45, 2.75) is 6.92 Å². The monoisotopic (exact) mass is 339 g/mol. The molecule has 5 heteroatoms. The molecule has 0 unspecified atom stereocenters. The van der Waals surface area contributed by atoms with Crippen LogP contribution in [0.15, 0.2) is 54.2 Å². The molecule has 0 saturated carbocycles. The fourth-order valence-corrected chi connectivity index (χ4v) is 2.51. The number of allylic oxidation sites excluding steroid dienone is 2. The van der Waals surface area contributed by atoms with Crippen molar-refractivity contribution in [3.05, 3.63) is 74.9 Å². The lowest BCUT2D eigenvalue weighted by Crippen LogP contribution is -2.02. The highest BCUT2D eigenvalue weighted by Crippen LogP contribution is 2.30. The van der Waals surface area contributed by atoms with E-state index in [9.17, 15) is 4.79 Å². The normalized spacial score (nSPS) is 11.3. The van der Waals surface area contributed by atoms with Crippen LogP contribution < -0.4 is 5.32 Å². The Balaban J connectivity index is 2.22. The van der Waals surface area contributed by atoms with Crippen LogP contribution in [0.2, 0.25) is 15.1 Å². The fraction of sp³-hybridized carbons (Fsp3) is 0.0625. The van der Waals surface area contributed by atoms with E-state index < -0.39 is 0 Å². The van der Waals surface area contributed by atoms with E-state index in [2.05, 4.69) is 5.32 Å². The van der Waals surface area contributed by atoms with Gasteiger partial charge in [0.15, 0.2) is 5.78 Å². The summed E-state index contributed by atoms with van der Waals surface area (Å²) >= 11 is 18.1. The van der Waals surface area contributed by atoms with Crippen molar-refractivity contribution >= 4 is 46.3 Å². The van der Waals surface area contributed by atoms with Crippen LogP contribution in [0.5, 0.6) is 0 Å². The van der Waals surface area contributed by atoms with Crippen LogP contribution in [0.3, 0.4) is 0 Å². The molecule has 0 radical (unpaired) electrons. The smallest absolute Gasteiger partial charge is 0.189 e. The number of halogens is 3. The summed E-state index contributed by atoms with van der Waals surface area (Å²) in [5.41, 5.74) is 1.64. The Kier molecular flexibility index (Phi) is 5.29. The third kappa shape index (κ3) is 4.01. The van der Waals surface area contributed by atoms with Crippen LogP contribution in [-0.4, -0.2) is 5.78 Å². The molecule has 108 valence electrons. The number of benzene rings is 2. The van der Waals surface area contributed by atoms with Crippen LogP contribution in [0, 0.1) is 0 Å². The Labute approximate surface area is 138 Å². The van der Waals surface area contributed by atoms with Gasteiger partial charge in [-0.2, -0.15) is 0 Å². The molecular weight excluding hydrogens is 329 g/mol. The maximum Gasteiger partial charge on any atom is 0.189 e. The highest BCUT2D eigenvalue weighted by atomic mass is 35.5. The van der Waals surface area contributed by atoms with Crippen LogP contribution in [0.1, 0.15) is 17.3 Å². The number of nitrogens with one attached hydrogen (secondary N) is 1. The van der Waals surface area contributed by atoms with Gasteiger partial charge in [0, 0.05) is 17.3 Å². The van der Waals surface area contributed by atoms with E-state index in [-0.39, 0.29) is 5.78 Å². The van der Waals surface area contributed by atoms with Crippen molar-refractivity contribution in [3.63, 3.8) is 0 Å². The summed E-state index contributed by atoms with van der Waals surface area (Å²) in [6.07, 6.45) is 1.46. The molecule has 21 heavy (non-hydrogen) atoms. The number of hydrogen-bond donors (Lipinski definition) is 1. The van der Waals surface area contributed by atoms with Crippen LogP contribution in [0.4, 0.5) is 5.69 Å². The first-order valence-corrected chi connectivity index (χ1v) is 7.30. The summed E-state index contributed by atoms with van der Waals surface area (Å²) in [5.74, 6) is -0.186. The molecule has 0 spiro atoms. The van der Waals surface area contributed by atoms with Crippen molar-refractivity contribution in [1.82, 2.24) is 0 Å². The van der Waals surface area contributed by atoms with Gasteiger partial charge in [0.25, 0.3) is 0 Å². The van der Waals surface area contributed by atoms with Gasteiger partial charge in [-0.05, 0) is 31.2 Å². The lowest BCUT2D eigenvalue weighted by Gasteiger charge is -2.10. The molecule has 0 amide bonds. The highest BCUT2D eigenvalue weighted by molar-refractivity contribution is 6.39. The Bertz CT molecular complexity index is 690. The second-order valence-electron chi connectivity index (χ2n) is 4.39. The lowest BCUT2D eigenvalue weighted by molar-refractivity contribution is 0.104. The number of para-hydroxylation sites is 1. The molecule has 0 saturated heterocycles. The summed E-state index contributed by atoms with van der Waals surface area (Å²) < 4.78 is 0. The second kappa shape index (κ2) is 6.99. The molecule has 0 aromatic heterocycles. The van der Waals surface area contributed by atoms with E-state index in [0.29, 0.717) is 32.0 Å². The standard InChI is InChI=1S/C16H12Cl3NO/c1-10(20-16-13(18)7-4-8-14(16)19)9-15(21)11-5-2-3-6-12(11)17/h2-9,20H,1H3/b10-9-. The number of carbonyl (C=O) groups excluding carboxylic acids is 1. The molecule has 0 bridgehead atoms. The van der Waals surface area contributed by atoms with Gasteiger partial charge < -0.3 is 5.32 Å². The van der Waals surface area contributed by atoms with E-state index >= 15 is 0 Å². The molecule has 0 aliphatic rings. The highest BCUT2D eigenvalue weighted by Gasteiger charge is 2.09. The van der Waals surface area contributed by atoms with E-state index in [0.717, 1.165) is 0 Å². The first-order valence-electron chi connectivity index (χ1n) is 6.17. The van der Waals surface area contributed by atoms with E-state index in [1.54, 1.807) is 49.4 Å². The predicted octanol–water partition coefficient (Wildman–Crippen LogP) is 5.85. The lowest BCUT2D eigenvalue weighted by atomic mass is 10.1. The first-order chi connectivity index (χ1) is 9.99. The van der Waals surface area contributed by atoms with Crippen molar-refractivity contribution in [2.24, 2.45) is 0 Å². The van der Waals surface area contributed by atoms with Crippen molar-refractivity contribution < 1.29 is 4.79 Å². The molecule has 0 aliphatic heterocycles. The zero-order chi connectivity index (χ0) is 15.4. The fourth-order valence-electron chi connectivity index (χ4n) is 1.79. The molecule has 0 fully saturated rings. The molecular formula is C16H12Cl3NO. The number of anilines is 1. The van der Waals surface area contributed by atoms with Crippen molar-refractivity contribution in [1.29, 1.82) is 0 Å². The summed E-state index contributed by atoms with van der Waals surface area (Å²) in [5, 5.41) is 4.42. The van der Waals surface area contributed by atoms with Gasteiger partial charge in [-0.15, -0.1) is 0 Å². The average molecular weight is 341 g/mol. The SMILES string of the molecule is C/C(=C/C(=O)c1ccccc1Cl)Nc1c(Cl)cccc1Cl. The summed E-state index contributed by atoms with van der Waals surface area (Å²) in [7, 11) is 0. The molecule has 2 nitrogen and oxygen atoms in total. The first kappa shape index (κ1) is 15.9. The van der Waals surface area contributed by atoms with Gasteiger partial charge in [0.2, 0.25) is 0 Å². The molecule has 0 aliphatic carbocycles. The summed E-state index contributed by atoms with van der Waals surface area (Å²) in [6.45, 7) is 1.76. The number of carbonyl (C=O) groups is 1. The third-order valence-corrected chi connectivity index (χ3v) is 3.73.